The van der Waals surface area contributed by atoms with Crippen molar-refractivity contribution in [1.82, 2.24) is 10.1 Å². The Balaban J connectivity index is 1.65. The molecule has 3 rings (SSSR count). The summed E-state index contributed by atoms with van der Waals surface area (Å²) in [5.41, 5.74) is 3.53. The van der Waals surface area contributed by atoms with Crippen LogP contribution in [0.4, 0.5) is 0 Å². The first kappa shape index (κ1) is 16.3. The van der Waals surface area contributed by atoms with Crippen LogP contribution in [0.1, 0.15) is 16.9 Å². The van der Waals surface area contributed by atoms with Gasteiger partial charge in [0.25, 0.3) is 0 Å². The predicted octanol–water partition coefficient (Wildman–Crippen LogP) is 4.50. The lowest BCUT2D eigenvalue weighted by molar-refractivity contribution is 0.267. The molecule has 1 aromatic heterocycles. The SMILES string of the molecule is CN(Cc1cccc(C#N)c1)Cc1cc(-c2ccc(Cl)cc2)no1. The van der Waals surface area contributed by atoms with Gasteiger partial charge in [0, 0.05) is 23.2 Å². The van der Waals surface area contributed by atoms with Gasteiger partial charge >= 0.3 is 0 Å². The Morgan fingerprint density at radius 3 is 2.67 bits per heavy atom. The van der Waals surface area contributed by atoms with Crippen molar-refractivity contribution in [1.29, 1.82) is 5.26 Å². The average molecular weight is 338 g/mol. The van der Waals surface area contributed by atoms with Gasteiger partial charge in [0.2, 0.25) is 0 Å². The Kier molecular flexibility index (Phi) is 4.95. The third-order valence-corrected chi connectivity index (χ3v) is 3.89. The van der Waals surface area contributed by atoms with E-state index in [-0.39, 0.29) is 0 Å². The van der Waals surface area contributed by atoms with E-state index >= 15 is 0 Å². The van der Waals surface area contributed by atoms with Crippen molar-refractivity contribution in [2.45, 2.75) is 13.1 Å². The topological polar surface area (TPSA) is 53.1 Å². The number of rotatable bonds is 5. The minimum Gasteiger partial charge on any atom is -0.359 e. The lowest BCUT2D eigenvalue weighted by Crippen LogP contribution is -2.16. The monoisotopic (exact) mass is 337 g/mol. The van der Waals surface area contributed by atoms with Gasteiger partial charge in [0.15, 0.2) is 5.76 Å². The minimum absolute atomic E-state index is 0.636. The quantitative estimate of drug-likeness (QED) is 0.688. The highest BCUT2D eigenvalue weighted by molar-refractivity contribution is 6.30. The van der Waals surface area contributed by atoms with Crippen LogP contribution >= 0.6 is 11.6 Å². The van der Waals surface area contributed by atoms with Crippen molar-refractivity contribution in [3.8, 4) is 17.3 Å². The second kappa shape index (κ2) is 7.31. The summed E-state index contributed by atoms with van der Waals surface area (Å²) in [6.07, 6.45) is 0. The lowest BCUT2D eigenvalue weighted by Gasteiger charge is -2.14. The van der Waals surface area contributed by atoms with E-state index in [2.05, 4.69) is 16.1 Å². The fourth-order valence-corrected chi connectivity index (χ4v) is 2.64. The van der Waals surface area contributed by atoms with E-state index in [1.54, 1.807) is 6.07 Å². The lowest BCUT2D eigenvalue weighted by atomic mass is 10.1. The average Bonchev–Trinajstić information content (AvgIpc) is 3.04. The van der Waals surface area contributed by atoms with Crippen LogP contribution in [-0.2, 0) is 13.1 Å². The molecule has 0 bridgehead atoms. The van der Waals surface area contributed by atoms with E-state index in [9.17, 15) is 0 Å². The highest BCUT2D eigenvalue weighted by Crippen LogP contribution is 2.22. The molecule has 0 unspecified atom stereocenters. The molecule has 24 heavy (non-hydrogen) atoms. The molecular weight excluding hydrogens is 322 g/mol. The van der Waals surface area contributed by atoms with Gasteiger partial charge in [-0.1, -0.05) is 41.0 Å². The summed E-state index contributed by atoms with van der Waals surface area (Å²) >= 11 is 5.90. The number of hydrogen-bond donors (Lipinski definition) is 0. The summed E-state index contributed by atoms with van der Waals surface area (Å²) in [5, 5.41) is 13.8. The summed E-state index contributed by atoms with van der Waals surface area (Å²) < 4.78 is 5.43. The molecule has 0 saturated heterocycles. The van der Waals surface area contributed by atoms with E-state index in [0.717, 1.165) is 29.1 Å². The Morgan fingerprint density at radius 1 is 1.12 bits per heavy atom. The van der Waals surface area contributed by atoms with E-state index < -0.39 is 0 Å². The van der Waals surface area contributed by atoms with Crippen LogP contribution in [0.5, 0.6) is 0 Å². The first-order chi connectivity index (χ1) is 11.6. The van der Waals surface area contributed by atoms with Crippen molar-refractivity contribution in [2.75, 3.05) is 7.05 Å². The maximum absolute atomic E-state index is 8.96. The van der Waals surface area contributed by atoms with Crippen LogP contribution in [0.15, 0.2) is 59.1 Å². The fraction of sp³-hybridized carbons (Fsp3) is 0.158. The summed E-state index contributed by atoms with van der Waals surface area (Å²) in [7, 11) is 2.00. The molecule has 0 saturated carbocycles. The second-order valence-corrected chi connectivity index (χ2v) is 6.11. The molecule has 0 atom stereocenters. The number of hydrogen-bond acceptors (Lipinski definition) is 4. The van der Waals surface area contributed by atoms with E-state index in [0.29, 0.717) is 17.1 Å². The minimum atomic E-state index is 0.636. The van der Waals surface area contributed by atoms with E-state index in [1.165, 1.54) is 0 Å². The van der Waals surface area contributed by atoms with Crippen LogP contribution in [0, 0.1) is 11.3 Å². The molecule has 0 radical (unpaired) electrons. The molecule has 120 valence electrons. The Labute approximate surface area is 145 Å². The number of aromatic nitrogens is 1. The molecule has 5 heteroatoms. The summed E-state index contributed by atoms with van der Waals surface area (Å²) in [6.45, 7) is 1.36. The Bertz CT molecular complexity index is 865. The van der Waals surface area contributed by atoms with Gasteiger partial charge < -0.3 is 4.52 Å². The normalized spacial score (nSPS) is 10.8. The third-order valence-electron chi connectivity index (χ3n) is 3.63. The molecule has 0 aliphatic carbocycles. The highest BCUT2D eigenvalue weighted by Gasteiger charge is 2.09. The molecule has 3 aromatic rings. The van der Waals surface area contributed by atoms with E-state index in [4.69, 9.17) is 21.4 Å². The van der Waals surface area contributed by atoms with Crippen molar-refractivity contribution in [3.05, 3.63) is 76.5 Å². The molecule has 0 aliphatic heterocycles. The first-order valence-electron chi connectivity index (χ1n) is 7.53. The number of halogens is 1. The molecule has 0 fully saturated rings. The number of nitrogens with zero attached hydrogens (tertiary/aromatic N) is 3. The molecule has 0 amide bonds. The molecule has 0 aliphatic rings. The number of benzene rings is 2. The summed E-state index contributed by atoms with van der Waals surface area (Å²) in [6, 6.07) is 19.2. The second-order valence-electron chi connectivity index (χ2n) is 5.67. The summed E-state index contributed by atoms with van der Waals surface area (Å²) in [4.78, 5) is 2.11. The maximum atomic E-state index is 8.96. The van der Waals surface area contributed by atoms with Crippen molar-refractivity contribution in [3.63, 3.8) is 0 Å². The van der Waals surface area contributed by atoms with Gasteiger partial charge in [-0.3, -0.25) is 4.90 Å². The molecule has 4 nitrogen and oxygen atoms in total. The van der Waals surface area contributed by atoms with Crippen LogP contribution in [0.25, 0.3) is 11.3 Å². The summed E-state index contributed by atoms with van der Waals surface area (Å²) in [5.74, 6) is 0.791. The first-order valence-corrected chi connectivity index (χ1v) is 7.91. The van der Waals surface area contributed by atoms with Crippen molar-refractivity contribution in [2.24, 2.45) is 0 Å². The maximum Gasteiger partial charge on any atom is 0.151 e. The van der Waals surface area contributed by atoms with Crippen molar-refractivity contribution < 1.29 is 4.52 Å². The van der Waals surface area contributed by atoms with Gasteiger partial charge in [0.1, 0.15) is 5.69 Å². The fourth-order valence-electron chi connectivity index (χ4n) is 2.52. The van der Waals surface area contributed by atoms with Gasteiger partial charge in [-0.25, -0.2) is 0 Å². The number of nitriles is 1. The van der Waals surface area contributed by atoms with Gasteiger partial charge in [-0.2, -0.15) is 5.26 Å². The van der Waals surface area contributed by atoms with Crippen LogP contribution in [-0.4, -0.2) is 17.1 Å². The third kappa shape index (κ3) is 4.02. The molecule has 0 spiro atoms. The Hall–Kier alpha value is -2.61. The highest BCUT2D eigenvalue weighted by atomic mass is 35.5. The molecule has 2 aromatic carbocycles. The van der Waals surface area contributed by atoms with Crippen molar-refractivity contribution >= 4 is 11.6 Å². The molecule has 1 heterocycles. The van der Waals surface area contributed by atoms with Crippen LogP contribution < -0.4 is 0 Å². The van der Waals surface area contributed by atoms with Crippen LogP contribution in [0.2, 0.25) is 5.02 Å². The smallest absolute Gasteiger partial charge is 0.151 e. The standard InChI is InChI=1S/C19H16ClN3O/c1-23(12-15-4-2-3-14(9-15)11-21)13-18-10-19(22-24-18)16-5-7-17(20)8-6-16/h2-10H,12-13H2,1H3. The Morgan fingerprint density at radius 2 is 1.92 bits per heavy atom. The van der Waals surface area contributed by atoms with Crippen LogP contribution in [0.3, 0.4) is 0 Å². The zero-order valence-electron chi connectivity index (χ0n) is 13.2. The zero-order chi connectivity index (χ0) is 16.9. The zero-order valence-corrected chi connectivity index (χ0v) is 14.0. The largest absolute Gasteiger partial charge is 0.359 e. The van der Waals surface area contributed by atoms with Gasteiger partial charge in [-0.05, 0) is 36.9 Å². The predicted molar refractivity (Wildman–Crippen MR) is 93.3 cm³/mol. The van der Waals surface area contributed by atoms with E-state index in [1.807, 2.05) is 55.6 Å². The molecular formula is C19H16ClN3O. The molecule has 0 N–H and O–H groups in total. The van der Waals surface area contributed by atoms with Gasteiger partial charge in [-0.15, -0.1) is 0 Å². The van der Waals surface area contributed by atoms with Gasteiger partial charge in [0.05, 0.1) is 18.2 Å².